The molecule has 2 aliphatic rings. The molecule has 1 aromatic carbocycles. The van der Waals surface area contributed by atoms with Crippen molar-refractivity contribution in [1.82, 2.24) is 24.8 Å². The molecule has 3 aromatic rings. The first-order valence-corrected chi connectivity index (χ1v) is 13.2. The molecule has 1 fully saturated rings. The highest BCUT2D eigenvalue weighted by Gasteiger charge is 2.33. The van der Waals surface area contributed by atoms with Gasteiger partial charge in [0, 0.05) is 27.9 Å². The lowest BCUT2D eigenvalue weighted by molar-refractivity contribution is -0.155. The van der Waals surface area contributed by atoms with Gasteiger partial charge >= 0.3 is 6.16 Å². The quantitative estimate of drug-likeness (QED) is 0.378. The smallest absolute Gasteiger partial charge is 0.427 e. The Bertz CT molecular complexity index is 1230. The molecule has 8 nitrogen and oxygen atoms in total. The summed E-state index contributed by atoms with van der Waals surface area (Å²) in [5, 5.41) is 14.7. The Morgan fingerprint density at radius 3 is 2.54 bits per heavy atom. The van der Waals surface area contributed by atoms with E-state index in [1.54, 1.807) is 37.2 Å². The van der Waals surface area contributed by atoms with Crippen molar-refractivity contribution in [2.24, 2.45) is 0 Å². The van der Waals surface area contributed by atoms with Gasteiger partial charge in [0.25, 0.3) is 0 Å². The van der Waals surface area contributed by atoms with Gasteiger partial charge in [0.1, 0.15) is 11.4 Å². The normalized spacial score (nSPS) is 20.6. The Kier molecular flexibility index (Phi) is 6.59. The topological polar surface area (TPSA) is 82.4 Å². The summed E-state index contributed by atoms with van der Waals surface area (Å²) in [6, 6.07) is 5.78. The molecular weight excluding hydrogens is 486 g/mol. The number of nitrogens with zero attached hydrogens (tertiary/aromatic N) is 5. The van der Waals surface area contributed by atoms with Crippen LogP contribution in [0, 0.1) is 6.92 Å². The number of halogens is 1. The number of aromatic nitrogens is 4. The molecule has 35 heavy (non-hydrogen) atoms. The molecule has 2 aromatic heterocycles. The average molecular weight is 516 g/mol. The van der Waals surface area contributed by atoms with Crippen molar-refractivity contribution >= 4 is 29.1 Å². The summed E-state index contributed by atoms with van der Waals surface area (Å²) < 4.78 is 7.48. The van der Waals surface area contributed by atoms with Crippen LogP contribution < -0.4 is 0 Å². The molecule has 0 atom stereocenters. The summed E-state index contributed by atoms with van der Waals surface area (Å²) in [4.78, 5) is 22.6. The number of hydrogen-bond donors (Lipinski definition) is 0. The largest absolute Gasteiger partial charge is 0.528 e. The number of fused-ring (bicyclic) bond motifs is 3. The van der Waals surface area contributed by atoms with Gasteiger partial charge in [0.05, 0.1) is 23.8 Å². The summed E-state index contributed by atoms with van der Waals surface area (Å²) in [5.74, 6) is 2.49. The zero-order valence-corrected chi connectivity index (χ0v) is 22.0. The number of benzene rings is 1. The first-order valence-electron chi connectivity index (χ1n) is 12.0. The molecule has 5 rings (SSSR count). The highest BCUT2D eigenvalue weighted by atomic mass is 35.5. The number of carbonyl (C=O) groups is 1. The molecule has 0 unspecified atom stereocenters. The third-order valence-corrected chi connectivity index (χ3v) is 7.73. The lowest BCUT2D eigenvalue weighted by atomic mass is 9.82. The molecule has 0 spiro atoms. The maximum Gasteiger partial charge on any atom is 0.528 e. The summed E-state index contributed by atoms with van der Waals surface area (Å²) in [6.45, 7) is 8.13. The second-order valence-corrected chi connectivity index (χ2v) is 11.6. The van der Waals surface area contributed by atoms with Crippen LogP contribution in [0.3, 0.4) is 0 Å². The number of ether oxygens (including phenoxy) is 1. The van der Waals surface area contributed by atoms with E-state index in [1.807, 2.05) is 18.2 Å². The molecule has 0 bridgehead atoms. The number of hydroxylamine groups is 2. The molecule has 10 heteroatoms. The van der Waals surface area contributed by atoms with E-state index in [4.69, 9.17) is 26.2 Å². The van der Waals surface area contributed by atoms with Crippen molar-refractivity contribution < 1.29 is 14.4 Å². The second kappa shape index (κ2) is 9.52. The Labute approximate surface area is 214 Å². The van der Waals surface area contributed by atoms with E-state index in [-0.39, 0.29) is 0 Å². The van der Waals surface area contributed by atoms with E-state index in [1.165, 1.54) is 5.01 Å². The lowest BCUT2D eigenvalue weighted by Gasteiger charge is -2.27. The van der Waals surface area contributed by atoms with Gasteiger partial charge < -0.3 is 9.57 Å². The molecule has 0 saturated heterocycles. The second-order valence-electron chi connectivity index (χ2n) is 10.3. The molecule has 1 aliphatic heterocycles. The number of hydrogen-bond acceptors (Lipinski definition) is 8. The van der Waals surface area contributed by atoms with Gasteiger partial charge in [-0.05, 0) is 77.1 Å². The van der Waals surface area contributed by atoms with Crippen LogP contribution in [0.4, 0.5) is 4.79 Å². The Morgan fingerprint density at radius 2 is 1.86 bits per heavy atom. The van der Waals surface area contributed by atoms with Gasteiger partial charge in [-0.2, -0.15) is 0 Å². The van der Waals surface area contributed by atoms with Crippen LogP contribution in [-0.2, 0) is 22.7 Å². The maximum absolute atomic E-state index is 12.4. The number of rotatable bonds is 3. The van der Waals surface area contributed by atoms with Crippen molar-refractivity contribution in [1.29, 1.82) is 0 Å². The minimum atomic E-state index is -0.745. The highest BCUT2D eigenvalue weighted by Crippen LogP contribution is 2.42. The Balaban J connectivity index is 1.40. The van der Waals surface area contributed by atoms with Crippen molar-refractivity contribution in [2.75, 3.05) is 0 Å². The van der Waals surface area contributed by atoms with E-state index < -0.39 is 11.8 Å². The molecule has 186 valence electrons. The van der Waals surface area contributed by atoms with Crippen LogP contribution in [-0.4, -0.2) is 36.6 Å². The standard InChI is InChI=1S/C25H30ClN5O3S/c1-15-14-35-23(27-15)17-7-5-16(6-8-17)22-29-28-21-13-30(34-24(32)33-25(2,3)4)12-18-11-19(26)9-10-20(18)31(21)22/h9-11,14,16-17H,5-8,12-13H2,1-4H3. The molecule has 3 heterocycles. The number of aryl methyl sites for hydroxylation is 1. The summed E-state index contributed by atoms with van der Waals surface area (Å²) in [6.07, 6.45) is 3.48. The fourth-order valence-electron chi connectivity index (χ4n) is 4.86. The monoisotopic (exact) mass is 515 g/mol. The van der Waals surface area contributed by atoms with Crippen LogP contribution in [0.5, 0.6) is 0 Å². The molecule has 1 aliphatic carbocycles. The fourth-order valence-corrected chi connectivity index (χ4v) is 6.02. The third-order valence-electron chi connectivity index (χ3n) is 6.37. The highest BCUT2D eigenvalue weighted by molar-refractivity contribution is 7.09. The predicted octanol–water partition coefficient (Wildman–Crippen LogP) is 6.31. The molecular formula is C25H30ClN5O3S. The Hall–Kier alpha value is -2.49. The summed E-state index contributed by atoms with van der Waals surface area (Å²) in [5.41, 5.74) is 2.36. The number of carbonyl (C=O) groups excluding carboxylic acids is 1. The minimum absolute atomic E-state index is 0.298. The first kappa shape index (κ1) is 24.2. The van der Waals surface area contributed by atoms with Crippen LogP contribution in [0.15, 0.2) is 23.6 Å². The Morgan fingerprint density at radius 1 is 1.11 bits per heavy atom. The fraction of sp³-hybridized carbons (Fsp3) is 0.520. The zero-order valence-electron chi connectivity index (χ0n) is 20.5. The van der Waals surface area contributed by atoms with E-state index >= 15 is 0 Å². The van der Waals surface area contributed by atoms with Gasteiger partial charge in [-0.25, -0.2) is 9.78 Å². The van der Waals surface area contributed by atoms with Gasteiger partial charge in [0.15, 0.2) is 5.82 Å². The predicted molar refractivity (Wildman–Crippen MR) is 134 cm³/mol. The molecule has 0 N–H and O–H groups in total. The van der Waals surface area contributed by atoms with Crippen LogP contribution >= 0.6 is 22.9 Å². The van der Waals surface area contributed by atoms with Crippen molar-refractivity contribution in [3.63, 3.8) is 0 Å². The minimum Gasteiger partial charge on any atom is -0.427 e. The summed E-state index contributed by atoms with van der Waals surface area (Å²) in [7, 11) is 0. The van der Waals surface area contributed by atoms with Crippen LogP contribution in [0.1, 0.15) is 86.2 Å². The lowest BCUT2D eigenvalue weighted by Crippen LogP contribution is -2.31. The van der Waals surface area contributed by atoms with Gasteiger partial charge in [-0.1, -0.05) is 11.6 Å². The SMILES string of the molecule is Cc1csc(C2CCC(c3nnc4n3-c3ccc(Cl)cc3CN(OC(=O)OC(C)(C)C)C4)CC2)n1. The van der Waals surface area contributed by atoms with Gasteiger partial charge in [0.2, 0.25) is 0 Å². The molecule has 0 radical (unpaired) electrons. The van der Waals surface area contributed by atoms with Crippen molar-refractivity contribution in [3.05, 3.63) is 56.5 Å². The first-order chi connectivity index (χ1) is 16.7. The number of thiazole rings is 1. The van der Waals surface area contributed by atoms with E-state index in [0.29, 0.717) is 29.9 Å². The zero-order chi connectivity index (χ0) is 24.7. The van der Waals surface area contributed by atoms with Crippen molar-refractivity contribution in [3.8, 4) is 5.69 Å². The third kappa shape index (κ3) is 5.37. The summed E-state index contributed by atoms with van der Waals surface area (Å²) >= 11 is 8.11. The van der Waals surface area contributed by atoms with Crippen molar-refractivity contribution in [2.45, 2.75) is 83.9 Å². The van der Waals surface area contributed by atoms with E-state index in [2.05, 4.69) is 27.1 Å². The van der Waals surface area contributed by atoms with Crippen LogP contribution in [0.25, 0.3) is 5.69 Å². The molecule has 1 saturated carbocycles. The average Bonchev–Trinajstić information content (AvgIpc) is 3.36. The van der Waals surface area contributed by atoms with E-state index in [9.17, 15) is 4.79 Å². The van der Waals surface area contributed by atoms with Gasteiger partial charge in [-0.15, -0.1) is 26.6 Å². The maximum atomic E-state index is 12.4. The van der Waals surface area contributed by atoms with Crippen LogP contribution in [0.2, 0.25) is 5.02 Å². The molecule has 0 amide bonds. The van der Waals surface area contributed by atoms with Gasteiger partial charge in [-0.3, -0.25) is 4.57 Å². The van der Waals surface area contributed by atoms with E-state index in [0.717, 1.165) is 54.3 Å².